The second kappa shape index (κ2) is 2.03. The van der Waals surface area contributed by atoms with Gasteiger partial charge in [0.05, 0.1) is 18.3 Å². The Hall–Kier alpha value is -0.120. The van der Waals surface area contributed by atoms with Crippen molar-refractivity contribution in [3.05, 3.63) is 0 Å². The van der Waals surface area contributed by atoms with Crippen LogP contribution in [0.25, 0.3) is 0 Å². The van der Waals surface area contributed by atoms with Crippen molar-refractivity contribution in [1.29, 1.82) is 0 Å². The summed E-state index contributed by atoms with van der Waals surface area (Å²) in [4.78, 5) is 0. The minimum absolute atomic E-state index is 0.0359. The highest BCUT2D eigenvalue weighted by molar-refractivity contribution is 5.09. The van der Waals surface area contributed by atoms with E-state index in [4.69, 9.17) is 9.47 Å². The molecule has 68 valence electrons. The fraction of sp³-hybridized carbons (Fsp3) is 1.00. The zero-order valence-electron chi connectivity index (χ0n) is 7.31. The first-order valence-corrected chi connectivity index (χ1v) is 4.69. The van der Waals surface area contributed by atoms with E-state index in [0.29, 0.717) is 17.9 Å². The van der Waals surface area contributed by atoms with Crippen LogP contribution in [0.5, 0.6) is 0 Å². The molecule has 0 aromatic heterocycles. The van der Waals surface area contributed by atoms with E-state index in [9.17, 15) is 5.11 Å². The van der Waals surface area contributed by atoms with Gasteiger partial charge in [0, 0.05) is 11.8 Å². The van der Waals surface area contributed by atoms with E-state index in [1.165, 1.54) is 0 Å². The highest BCUT2D eigenvalue weighted by Gasteiger charge is 2.63. The number of ether oxygens (including phenoxy) is 2. The molecule has 4 bridgehead atoms. The molecule has 3 nitrogen and oxygen atoms in total. The summed E-state index contributed by atoms with van der Waals surface area (Å²) in [7, 11) is 0. The Bertz CT molecular complexity index is 188. The highest BCUT2D eigenvalue weighted by atomic mass is 16.6. The van der Waals surface area contributed by atoms with Gasteiger partial charge >= 0.3 is 0 Å². The zero-order chi connectivity index (χ0) is 8.46. The Morgan fingerprint density at radius 1 is 0.833 bits per heavy atom. The third kappa shape index (κ3) is 0.605. The van der Waals surface area contributed by atoms with E-state index in [1.54, 1.807) is 0 Å². The largest absolute Gasteiger partial charge is 0.388 e. The number of aliphatic hydroxyl groups is 1. The van der Waals surface area contributed by atoms with Crippen LogP contribution in [-0.4, -0.2) is 35.6 Å². The van der Waals surface area contributed by atoms with Crippen LogP contribution in [0.2, 0.25) is 0 Å². The van der Waals surface area contributed by atoms with Crippen LogP contribution in [0.3, 0.4) is 0 Å². The lowest BCUT2D eigenvalue weighted by atomic mass is 9.87. The molecule has 3 heteroatoms. The molecule has 4 saturated heterocycles. The third-order valence-corrected chi connectivity index (χ3v) is 3.70. The molecule has 0 aliphatic carbocycles. The molecular formula is C9H14O3. The Kier molecular flexibility index (Phi) is 1.23. The summed E-state index contributed by atoms with van der Waals surface area (Å²) >= 11 is 0. The molecule has 12 heavy (non-hydrogen) atoms. The Labute approximate surface area is 71.7 Å². The van der Waals surface area contributed by atoms with Crippen LogP contribution >= 0.6 is 0 Å². The summed E-state index contributed by atoms with van der Waals surface area (Å²) in [6.07, 6.45) is 0.0979. The lowest BCUT2D eigenvalue weighted by molar-refractivity contribution is -0.149. The van der Waals surface area contributed by atoms with Gasteiger partial charge in [-0.1, -0.05) is 13.8 Å². The average molecular weight is 170 g/mol. The maximum Gasteiger partial charge on any atom is 0.113 e. The van der Waals surface area contributed by atoms with Gasteiger partial charge in [-0.2, -0.15) is 0 Å². The molecule has 0 amide bonds. The summed E-state index contributed by atoms with van der Waals surface area (Å²) in [5, 5.41) is 9.74. The fourth-order valence-electron chi connectivity index (χ4n) is 3.02. The molecule has 0 spiro atoms. The number of hydrogen-bond acceptors (Lipinski definition) is 3. The normalized spacial score (nSPS) is 67.8. The number of aliphatic hydroxyl groups excluding tert-OH is 1. The standard InChI is InChI=1S/C9H14O3/c1-3-6-4(2)8-9(11-6)5(10)7(3)12-8/h3-10H,1-2H3/t3?,4?,5-,6?,7?,8?,9?/m0/s1. The predicted molar refractivity (Wildman–Crippen MR) is 41.7 cm³/mol. The van der Waals surface area contributed by atoms with Crippen LogP contribution in [-0.2, 0) is 9.47 Å². The summed E-state index contributed by atoms with van der Waals surface area (Å²) in [6.45, 7) is 4.26. The first-order valence-electron chi connectivity index (χ1n) is 4.69. The van der Waals surface area contributed by atoms with E-state index >= 15 is 0 Å². The van der Waals surface area contributed by atoms with Gasteiger partial charge in [-0.3, -0.25) is 0 Å². The van der Waals surface area contributed by atoms with Gasteiger partial charge in [0.25, 0.3) is 0 Å². The van der Waals surface area contributed by atoms with Crippen molar-refractivity contribution in [2.45, 2.75) is 44.4 Å². The molecule has 1 N–H and O–H groups in total. The number of rotatable bonds is 0. The number of hydrogen-bond donors (Lipinski definition) is 1. The van der Waals surface area contributed by atoms with Gasteiger partial charge in [-0.15, -0.1) is 0 Å². The van der Waals surface area contributed by atoms with Gasteiger partial charge < -0.3 is 14.6 Å². The molecule has 4 fully saturated rings. The van der Waals surface area contributed by atoms with Crippen molar-refractivity contribution in [3.8, 4) is 0 Å². The van der Waals surface area contributed by atoms with Crippen LogP contribution < -0.4 is 0 Å². The Morgan fingerprint density at radius 2 is 1.42 bits per heavy atom. The van der Waals surface area contributed by atoms with Crippen LogP contribution in [0.4, 0.5) is 0 Å². The summed E-state index contributed by atoms with van der Waals surface area (Å²) in [5.41, 5.74) is 0. The van der Waals surface area contributed by atoms with Crippen LogP contribution in [0, 0.1) is 11.8 Å². The topological polar surface area (TPSA) is 38.7 Å². The third-order valence-electron chi connectivity index (χ3n) is 3.70. The van der Waals surface area contributed by atoms with Crippen LogP contribution in [0.1, 0.15) is 13.8 Å². The van der Waals surface area contributed by atoms with Crippen molar-refractivity contribution in [2.75, 3.05) is 0 Å². The fourth-order valence-corrected chi connectivity index (χ4v) is 3.02. The van der Waals surface area contributed by atoms with Crippen LogP contribution in [0.15, 0.2) is 0 Å². The second-order valence-electron chi connectivity index (χ2n) is 4.34. The minimum atomic E-state index is -0.383. The molecule has 0 radical (unpaired) electrons. The molecule has 4 aliphatic heterocycles. The molecule has 6 unspecified atom stereocenters. The highest BCUT2D eigenvalue weighted by Crippen LogP contribution is 2.49. The molecule has 0 aromatic rings. The molecule has 0 saturated carbocycles. The maximum atomic E-state index is 9.74. The summed E-state index contributed by atoms with van der Waals surface area (Å²) < 4.78 is 11.4. The molecule has 4 aliphatic rings. The summed E-state index contributed by atoms with van der Waals surface area (Å²) in [5.74, 6) is 0.809. The lowest BCUT2D eigenvalue weighted by Gasteiger charge is -2.37. The van der Waals surface area contributed by atoms with E-state index in [-0.39, 0.29) is 24.4 Å². The van der Waals surface area contributed by atoms with Crippen molar-refractivity contribution in [1.82, 2.24) is 0 Å². The van der Waals surface area contributed by atoms with Crippen molar-refractivity contribution >= 4 is 0 Å². The average Bonchev–Trinajstić information content (AvgIpc) is 2.43. The first-order chi connectivity index (χ1) is 5.70. The lowest BCUT2D eigenvalue weighted by Crippen LogP contribution is -2.47. The molecule has 7 atom stereocenters. The monoisotopic (exact) mass is 170 g/mol. The Balaban J connectivity index is 2.01. The van der Waals surface area contributed by atoms with Gasteiger partial charge in [-0.25, -0.2) is 0 Å². The van der Waals surface area contributed by atoms with Crippen molar-refractivity contribution < 1.29 is 14.6 Å². The molecular weight excluding hydrogens is 156 g/mol. The van der Waals surface area contributed by atoms with Gasteiger partial charge in [0.15, 0.2) is 0 Å². The first kappa shape index (κ1) is 7.30. The summed E-state index contributed by atoms with van der Waals surface area (Å²) in [6, 6.07) is 0. The quantitative estimate of drug-likeness (QED) is 0.563. The van der Waals surface area contributed by atoms with Gasteiger partial charge in [-0.05, 0) is 0 Å². The maximum absolute atomic E-state index is 9.74. The SMILES string of the molecule is CC1C2OC3C1OC(C2C)[C@@H]3O. The minimum Gasteiger partial charge on any atom is -0.388 e. The molecule has 4 rings (SSSR count). The smallest absolute Gasteiger partial charge is 0.113 e. The predicted octanol–water partition coefficient (Wildman–Crippen LogP) is 0.168. The van der Waals surface area contributed by atoms with Gasteiger partial charge in [0.2, 0.25) is 0 Å². The van der Waals surface area contributed by atoms with E-state index < -0.39 is 0 Å². The molecule has 4 heterocycles. The zero-order valence-corrected chi connectivity index (χ0v) is 7.31. The Morgan fingerprint density at radius 3 is 2.08 bits per heavy atom. The van der Waals surface area contributed by atoms with E-state index in [2.05, 4.69) is 13.8 Å². The second-order valence-corrected chi connectivity index (χ2v) is 4.34. The van der Waals surface area contributed by atoms with Crippen molar-refractivity contribution in [3.63, 3.8) is 0 Å². The van der Waals surface area contributed by atoms with E-state index in [0.717, 1.165) is 0 Å². The molecule has 0 aromatic carbocycles. The van der Waals surface area contributed by atoms with Gasteiger partial charge in [0.1, 0.15) is 12.2 Å². The van der Waals surface area contributed by atoms with E-state index in [1.807, 2.05) is 0 Å². The van der Waals surface area contributed by atoms with Crippen molar-refractivity contribution in [2.24, 2.45) is 11.8 Å².